The van der Waals surface area contributed by atoms with Gasteiger partial charge in [0.2, 0.25) is 6.79 Å². The standard InChI is InChI=1S/C21H20O5S/c1-14-2-5-17(6-3-14)27(24)12-21(23)9-8-16(22)11-18(21)15-4-7-19-20(10-15)26-13-25-19/h2-10,18,23H,11-13H2,1H3/t18-,21+,27?/m0/s1. The second kappa shape index (κ2) is 6.94. The summed E-state index contributed by atoms with van der Waals surface area (Å²) in [6.07, 6.45) is 3.02. The number of hydrogen-bond donors (Lipinski definition) is 1. The van der Waals surface area contributed by atoms with Gasteiger partial charge in [0.05, 0.1) is 16.6 Å². The summed E-state index contributed by atoms with van der Waals surface area (Å²) in [5, 5.41) is 11.3. The lowest BCUT2D eigenvalue weighted by atomic mass is 9.76. The van der Waals surface area contributed by atoms with Gasteiger partial charge in [0.25, 0.3) is 0 Å². The summed E-state index contributed by atoms with van der Waals surface area (Å²) in [6, 6.07) is 12.8. The van der Waals surface area contributed by atoms with Crippen LogP contribution in [0.3, 0.4) is 0 Å². The molecule has 1 heterocycles. The smallest absolute Gasteiger partial charge is 0.231 e. The van der Waals surface area contributed by atoms with Crippen LogP contribution in [0, 0.1) is 6.92 Å². The first-order valence-corrected chi connectivity index (χ1v) is 10.1. The van der Waals surface area contributed by atoms with Gasteiger partial charge in [0.15, 0.2) is 17.3 Å². The minimum atomic E-state index is -1.40. The van der Waals surface area contributed by atoms with E-state index in [0.717, 1.165) is 11.1 Å². The highest BCUT2D eigenvalue weighted by atomic mass is 32.2. The van der Waals surface area contributed by atoms with E-state index in [9.17, 15) is 14.1 Å². The van der Waals surface area contributed by atoms with E-state index in [-0.39, 0.29) is 24.7 Å². The summed E-state index contributed by atoms with van der Waals surface area (Å²) in [4.78, 5) is 12.7. The van der Waals surface area contributed by atoms with Crippen molar-refractivity contribution in [2.75, 3.05) is 12.5 Å². The monoisotopic (exact) mass is 384 g/mol. The van der Waals surface area contributed by atoms with E-state index in [4.69, 9.17) is 9.47 Å². The predicted octanol–water partition coefficient (Wildman–Crippen LogP) is 2.88. The molecule has 4 rings (SSSR count). The van der Waals surface area contributed by atoms with E-state index >= 15 is 0 Å². The summed E-state index contributed by atoms with van der Waals surface area (Å²) >= 11 is 0. The summed E-state index contributed by atoms with van der Waals surface area (Å²) in [5.74, 6) is 0.681. The van der Waals surface area contributed by atoms with Crippen LogP contribution in [0.15, 0.2) is 59.5 Å². The van der Waals surface area contributed by atoms with Crippen LogP contribution >= 0.6 is 0 Å². The van der Waals surface area contributed by atoms with Crippen LogP contribution in [0.25, 0.3) is 0 Å². The average molecular weight is 384 g/mol. The Morgan fingerprint density at radius 1 is 1.15 bits per heavy atom. The van der Waals surface area contributed by atoms with Crippen LogP contribution in [-0.4, -0.2) is 33.2 Å². The second-order valence-corrected chi connectivity index (χ2v) is 8.41. The Morgan fingerprint density at radius 2 is 1.89 bits per heavy atom. The molecule has 0 amide bonds. The molecule has 0 saturated heterocycles. The van der Waals surface area contributed by atoms with Gasteiger partial charge in [-0.05, 0) is 48.9 Å². The fourth-order valence-electron chi connectivity index (χ4n) is 3.47. The Balaban J connectivity index is 1.65. The van der Waals surface area contributed by atoms with Gasteiger partial charge >= 0.3 is 0 Å². The summed E-state index contributed by atoms with van der Waals surface area (Å²) < 4.78 is 23.6. The molecular formula is C21H20O5S. The lowest BCUT2D eigenvalue weighted by Crippen LogP contribution is -2.43. The number of benzene rings is 2. The number of ketones is 1. The lowest BCUT2D eigenvalue weighted by molar-refractivity contribution is -0.117. The summed E-state index contributed by atoms with van der Waals surface area (Å²) in [5.41, 5.74) is 0.452. The molecule has 6 heteroatoms. The SMILES string of the molecule is Cc1ccc(S(=O)C[C@]2(O)C=CC(=O)C[C@H]2c2ccc3c(c2)OCO3)cc1. The fourth-order valence-corrected chi connectivity index (χ4v) is 4.79. The first-order chi connectivity index (χ1) is 12.9. The van der Waals surface area contributed by atoms with E-state index in [1.807, 2.05) is 37.3 Å². The highest BCUT2D eigenvalue weighted by Gasteiger charge is 2.41. The fraction of sp³-hybridized carbons (Fsp3) is 0.286. The second-order valence-electron chi connectivity index (χ2n) is 6.96. The molecule has 27 heavy (non-hydrogen) atoms. The van der Waals surface area contributed by atoms with E-state index in [2.05, 4.69) is 0 Å². The normalized spacial score (nSPS) is 24.8. The first-order valence-electron chi connectivity index (χ1n) is 8.74. The van der Waals surface area contributed by atoms with Gasteiger partial charge in [-0.25, -0.2) is 0 Å². The number of aliphatic hydroxyl groups is 1. The largest absolute Gasteiger partial charge is 0.454 e. The molecular weight excluding hydrogens is 364 g/mol. The van der Waals surface area contributed by atoms with Crippen molar-refractivity contribution in [1.82, 2.24) is 0 Å². The molecule has 5 nitrogen and oxygen atoms in total. The molecule has 0 spiro atoms. The van der Waals surface area contributed by atoms with Crippen molar-refractivity contribution in [2.24, 2.45) is 0 Å². The Labute approximate surface area is 160 Å². The molecule has 2 aromatic carbocycles. The van der Waals surface area contributed by atoms with Crippen molar-refractivity contribution in [3.05, 3.63) is 65.7 Å². The first kappa shape index (κ1) is 17.9. The van der Waals surface area contributed by atoms with Crippen LogP contribution in [0.5, 0.6) is 11.5 Å². The maximum absolute atomic E-state index is 12.9. The molecule has 2 aromatic rings. The van der Waals surface area contributed by atoms with Crippen LogP contribution in [0.1, 0.15) is 23.5 Å². The highest BCUT2D eigenvalue weighted by Crippen LogP contribution is 2.41. The molecule has 0 fully saturated rings. The molecule has 140 valence electrons. The summed E-state index contributed by atoms with van der Waals surface area (Å²) in [7, 11) is -1.40. The van der Waals surface area contributed by atoms with E-state index < -0.39 is 22.3 Å². The predicted molar refractivity (Wildman–Crippen MR) is 101 cm³/mol. The van der Waals surface area contributed by atoms with E-state index in [1.165, 1.54) is 12.2 Å². The number of allylic oxidation sites excluding steroid dienone is 1. The maximum Gasteiger partial charge on any atom is 0.231 e. The van der Waals surface area contributed by atoms with Crippen molar-refractivity contribution in [1.29, 1.82) is 0 Å². The molecule has 2 aliphatic rings. The minimum absolute atomic E-state index is 0.0128. The number of hydrogen-bond acceptors (Lipinski definition) is 5. The third-order valence-corrected chi connectivity index (χ3v) is 6.53. The zero-order chi connectivity index (χ0) is 19.0. The van der Waals surface area contributed by atoms with E-state index in [0.29, 0.717) is 16.4 Å². The van der Waals surface area contributed by atoms with Gasteiger partial charge in [-0.15, -0.1) is 0 Å². The van der Waals surface area contributed by atoms with Crippen molar-refractivity contribution in [3.8, 4) is 11.5 Å². The highest BCUT2D eigenvalue weighted by molar-refractivity contribution is 7.85. The molecule has 1 unspecified atom stereocenters. The molecule has 1 N–H and O–H groups in total. The van der Waals surface area contributed by atoms with E-state index in [1.54, 1.807) is 12.1 Å². The molecule has 0 aromatic heterocycles. The van der Waals surface area contributed by atoms with Crippen LogP contribution in [-0.2, 0) is 15.6 Å². The van der Waals surface area contributed by atoms with Gasteiger partial charge in [0.1, 0.15) is 5.60 Å². The van der Waals surface area contributed by atoms with Crippen molar-refractivity contribution in [2.45, 2.75) is 29.8 Å². The Kier molecular flexibility index (Phi) is 4.61. The average Bonchev–Trinajstić information content (AvgIpc) is 3.12. The maximum atomic E-state index is 12.9. The number of fused-ring (bicyclic) bond motifs is 1. The molecule has 1 aliphatic carbocycles. The van der Waals surface area contributed by atoms with Crippen LogP contribution < -0.4 is 9.47 Å². The van der Waals surface area contributed by atoms with Gasteiger partial charge in [-0.1, -0.05) is 23.8 Å². The van der Waals surface area contributed by atoms with Crippen molar-refractivity contribution < 1.29 is 23.6 Å². The van der Waals surface area contributed by atoms with Gasteiger partial charge in [0, 0.05) is 17.2 Å². The molecule has 0 bridgehead atoms. The Morgan fingerprint density at radius 3 is 2.67 bits per heavy atom. The van der Waals surface area contributed by atoms with Gasteiger partial charge in [-0.3, -0.25) is 9.00 Å². The molecule has 0 radical (unpaired) electrons. The molecule has 0 saturated carbocycles. The van der Waals surface area contributed by atoms with Crippen LogP contribution in [0.4, 0.5) is 0 Å². The Bertz CT molecular complexity index is 934. The Hall–Kier alpha value is -2.44. The van der Waals surface area contributed by atoms with Gasteiger partial charge < -0.3 is 14.6 Å². The van der Waals surface area contributed by atoms with Gasteiger partial charge in [-0.2, -0.15) is 0 Å². The topological polar surface area (TPSA) is 72.8 Å². The number of rotatable bonds is 4. The number of carbonyl (C=O) groups excluding carboxylic acids is 1. The zero-order valence-electron chi connectivity index (χ0n) is 14.9. The third-order valence-electron chi connectivity index (χ3n) is 5.01. The molecule has 3 atom stereocenters. The molecule has 1 aliphatic heterocycles. The van der Waals surface area contributed by atoms with Crippen molar-refractivity contribution >= 4 is 16.6 Å². The lowest BCUT2D eigenvalue weighted by Gasteiger charge is -2.36. The number of ether oxygens (including phenoxy) is 2. The minimum Gasteiger partial charge on any atom is -0.454 e. The van der Waals surface area contributed by atoms with Crippen molar-refractivity contribution in [3.63, 3.8) is 0 Å². The zero-order valence-corrected chi connectivity index (χ0v) is 15.7. The quantitative estimate of drug-likeness (QED) is 0.878. The number of aryl methyl sites for hydroxylation is 1. The summed E-state index contributed by atoms with van der Waals surface area (Å²) in [6.45, 7) is 2.12. The number of carbonyl (C=O) groups is 1. The van der Waals surface area contributed by atoms with Crippen LogP contribution in [0.2, 0.25) is 0 Å². The third kappa shape index (κ3) is 3.55.